The smallest absolute Gasteiger partial charge is 0.337 e. The zero-order valence-electron chi connectivity index (χ0n) is 14.7. The molecule has 6 heteroatoms. The van der Waals surface area contributed by atoms with Gasteiger partial charge in [-0.1, -0.05) is 25.1 Å². The summed E-state index contributed by atoms with van der Waals surface area (Å²) in [5.41, 5.74) is 1.05. The molecule has 0 aliphatic heterocycles. The molecule has 0 saturated heterocycles. The summed E-state index contributed by atoms with van der Waals surface area (Å²) >= 11 is 0. The van der Waals surface area contributed by atoms with Crippen LogP contribution in [0.2, 0.25) is 0 Å². The van der Waals surface area contributed by atoms with E-state index in [1.807, 2.05) is 6.92 Å². The van der Waals surface area contributed by atoms with Crippen LogP contribution in [0.3, 0.4) is 0 Å². The Hall–Kier alpha value is -3.28. The molecule has 0 radical (unpaired) electrons. The van der Waals surface area contributed by atoms with Gasteiger partial charge in [-0.3, -0.25) is 4.79 Å². The molecule has 2 aromatic carbocycles. The number of benzene rings is 2. The first-order valence-corrected chi connectivity index (χ1v) is 8.17. The van der Waals surface area contributed by atoms with Crippen LogP contribution >= 0.6 is 0 Å². The van der Waals surface area contributed by atoms with E-state index in [2.05, 4.69) is 5.32 Å². The Morgan fingerprint density at radius 3 is 2.62 bits per heavy atom. The fraction of sp³-hybridized carbons (Fsp3) is 0.200. The van der Waals surface area contributed by atoms with Gasteiger partial charge in [-0.15, -0.1) is 0 Å². The Labute approximate surface area is 152 Å². The molecule has 6 nitrogen and oxygen atoms in total. The van der Waals surface area contributed by atoms with E-state index in [-0.39, 0.29) is 11.3 Å². The predicted octanol–water partition coefficient (Wildman–Crippen LogP) is 3.83. The minimum absolute atomic E-state index is 0.0361. The standard InChI is InChI=1S/C20H21NO5/c1-3-12-26-18-13-14(8-10-17(18)25-2)9-11-19(22)21-16-7-5-4-6-15(16)20(23)24/h4-11,13H,3,12H2,1-2H3,(H,21,22)(H,23,24)/b11-9+. The Morgan fingerprint density at radius 1 is 1.15 bits per heavy atom. The number of rotatable bonds is 8. The van der Waals surface area contributed by atoms with Crippen molar-refractivity contribution in [2.24, 2.45) is 0 Å². The third-order valence-corrected chi connectivity index (χ3v) is 3.49. The Kier molecular flexibility index (Phi) is 6.79. The molecule has 2 rings (SSSR count). The molecule has 1 amide bonds. The SMILES string of the molecule is CCCOc1cc(/C=C/C(=O)Nc2ccccc2C(=O)O)ccc1OC. The largest absolute Gasteiger partial charge is 0.493 e. The molecule has 0 spiro atoms. The minimum Gasteiger partial charge on any atom is -0.493 e. The first-order chi connectivity index (χ1) is 12.5. The van der Waals surface area contributed by atoms with Gasteiger partial charge in [-0.2, -0.15) is 0 Å². The molecule has 0 fully saturated rings. The number of para-hydroxylation sites is 1. The van der Waals surface area contributed by atoms with Crippen molar-refractivity contribution >= 4 is 23.6 Å². The second kappa shape index (κ2) is 9.27. The molecule has 0 heterocycles. The van der Waals surface area contributed by atoms with E-state index in [9.17, 15) is 9.59 Å². The molecule has 136 valence electrons. The van der Waals surface area contributed by atoms with Crippen molar-refractivity contribution in [1.82, 2.24) is 0 Å². The Bertz CT molecular complexity index is 814. The van der Waals surface area contributed by atoms with E-state index in [1.54, 1.807) is 49.6 Å². The third kappa shape index (κ3) is 5.11. The average molecular weight is 355 g/mol. The molecule has 2 N–H and O–H groups in total. The number of carboxylic acid groups (broad SMARTS) is 1. The van der Waals surface area contributed by atoms with Crippen LogP contribution in [0.25, 0.3) is 6.08 Å². The van der Waals surface area contributed by atoms with Crippen LogP contribution in [-0.4, -0.2) is 30.7 Å². The van der Waals surface area contributed by atoms with Crippen molar-refractivity contribution in [2.75, 3.05) is 19.0 Å². The lowest BCUT2D eigenvalue weighted by Gasteiger charge is -2.10. The highest BCUT2D eigenvalue weighted by atomic mass is 16.5. The number of carbonyl (C=O) groups excluding carboxylic acids is 1. The summed E-state index contributed by atoms with van der Waals surface area (Å²) in [6.45, 7) is 2.57. The number of hydrogen-bond acceptors (Lipinski definition) is 4. The van der Waals surface area contributed by atoms with Gasteiger partial charge in [-0.25, -0.2) is 4.79 Å². The number of methoxy groups -OCH3 is 1. The Balaban J connectivity index is 2.12. The van der Waals surface area contributed by atoms with Crippen LogP contribution in [0, 0.1) is 0 Å². The first kappa shape index (κ1) is 19.1. The minimum atomic E-state index is -1.10. The van der Waals surface area contributed by atoms with Crippen molar-refractivity contribution in [2.45, 2.75) is 13.3 Å². The molecule has 0 aliphatic rings. The van der Waals surface area contributed by atoms with Gasteiger partial charge in [-0.05, 0) is 42.3 Å². The molecule has 0 saturated carbocycles. The number of aromatic carboxylic acids is 1. The van der Waals surface area contributed by atoms with Gasteiger partial charge >= 0.3 is 5.97 Å². The molecule has 0 bridgehead atoms. The summed E-state index contributed by atoms with van der Waals surface area (Å²) < 4.78 is 10.9. The van der Waals surface area contributed by atoms with E-state index < -0.39 is 11.9 Å². The van der Waals surface area contributed by atoms with Crippen LogP contribution in [0.1, 0.15) is 29.3 Å². The maximum atomic E-state index is 12.1. The fourth-order valence-electron chi connectivity index (χ4n) is 2.25. The summed E-state index contributed by atoms with van der Waals surface area (Å²) in [6.07, 6.45) is 3.83. The monoisotopic (exact) mass is 355 g/mol. The molecule has 0 aromatic heterocycles. The van der Waals surface area contributed by atoms with E-state index in [0.29, 0.717) is 18.1 Å². The lowest BCUT2D eigenvalue weighted by atomic mass is 10.1. The number of hydrogen-bond donors (Lipinski definition) is 2. The van der Waals surface area contributed by atoms with E-state index in [4.69, 9.17) is 14.6 Å². The maximum Gasteiger partial charge on any atom is 0.337 e. The van der Waals surface area contributed by atoms with Crippen molar-refractivity contribution < 1.29 is 24.2 Å². The van der Waals surface area contributed by atoms with Gasteiger partial charge < -0.3 is 19.9 Å². The summed E-state index contributed by atoms with van der Waals surface area (Å²) in [4.78, 5) is 23.3. The number of nitrogens with one attached hydrogen (secondary N) is 1. The summed E-state index contributed by atoms with van der Waals surface area (Å²) in [5.74, 6) is -0.299. The zero-order chi connectivity index (χ0) is 18.9. The van der Waals surface area contributed by atoms with Crippen molar-refractivity contribution in [3.63, 3.8) is 0 Å². The zero-order valence-corrected chi connectivity index (χ0v) is 14.7. The van der Waals surface area contributed by atoms with Crippen LogP contribution in [0.15, 0.2) is 48.5 Å². The van der Waals surface area contributed by atoms with Gasteiger partial charge in [0.15, 0.2) is 11.5 Å². The molecule has 0 aliphatic carbocycles. The number of anilines is 1. The lowest BCUT2D eigenvalue weighted by molar-refractivity contribution is -0.111. The number of carboxylic acids is 1. The lowest BCUT2D eigenvalue weighted by Crippen LogP contribution is -2.11. The number of carbonyl (C=O) groups is 2. The molecular formula is C20H21NO5. The average Bonchev–Trinajstić information content (AvgIpc) is 2.65. The maximum absolute atomic E-state index is 12.1. The highest BCUT2D eigenvalue weighted by Crippen LogP contribution is 2.28. The quantitative estimate of drug-likeness (QED) is 0.703. The summed E-state index contributed by atoms with van der Waals surface area (Å²) in [5, 5.41) is 11.7. The van der Waals surface area contributed by atoms with Gasteiger partial charge in [0.25, 0.3) is 0 Å². The molecule has 26 heavy (non-hydrogen) atoms. The van der Waals surface area contributed by atoms with E-state index in [0.717, 1.165) is 12.0 Å². The van der Waals surface area contributed by atoms with Crippen LogP contribution < -0.4 is 14.8 Å². The van der Waals surface area contributed by atoms with Gasteiger partial charge in [0, 0.05) is 6.08 Å². The molecule has 2 aromatic rings. The topological polar surface area (TPSA) is 84.9 Å². The van der Waals surface area contributed by atoms with Gasteiger partial charge in [0.1, 0.15) is 0 Å². The fourth-order valence-corrected chi connectivity index (χ4v) is 2.25. The molecule has 0 unspecified atom stereocenters. The van der Waals surface area contributed by atoms with Crippen molar-refractivity contribution in [1.29, 1.82) is 0 Å². The second-order valence-corrected chi connectivity index (χ2v) is 5.43. The van der Waals surface area contributed by atoms with Crippen molar-refractivity contribution in [3.05, 3.63) is 59.7 Å². The van der Waals surface area contributed by atoms with Crippen molar-refractivity contribution in [3.8, 4) is 11.5 Å². The molecule has 0 atom stereocenters. The Morgan fingerprint density at radius 2 is 1.92 bits per heavy atom. The highest BCUT2D eigenvalue weighted by molar-refractivity contribution is 6.06. The number of amides is 1. The third-order valence-electron chi connectivity index (χ3n) is 3.49. The second-order valence-electron chi connectivity index (χ2n) is 5.43. The first-order valence-electron chi connectivity index (χ1n) is 8.17. The highest BCUT2D eigenvalue weighted by Gasteiger charge is 2.10. The van der Waals surface area contributed by atoms with Crippen LogP contribution in [-0.2, 0) is 4.79 Å². The predicted molar refractivity (Wildman–Crippen MR) is 99.8 cm³/mol. The molecular weight excluding hydrogens is 334 g/mol. The van der Waals surface area contributed by atoms with E-state index in [1.165, 1.54) is 12.1 Å². The van der Waals surface area contributed by atoms with Gasteiger partial charge in [0.05, 0.1) is 25.0 Å². The van der Waals surface area contributed by atoms with Gasteiger partial charge in [0.2, 0.25) is 5.91 Å². The van der Waals surface area contributed by atoms with Crippen LogP contribution in [0.5, 0.6) is 11.5 Å². The normalized spacial score (nSPS) is 10.5. The van der Waals surface area contributed by atoms with Crippen LogP contribution in [0.4, 0.5) is 5.69 Å². The summed E-state index contributed by atoms with van der Waals surface area (Å²) in [6, 6.07) is 11.6. The van der Waals surface area contributed by atoms with E-state index >= 15 is 0 Å². The summed E-state index contributed by atoms with van der Waals surface area (Å²) in [7, 11) is 1.57. The number of ether oxygens (including phenoxy) is 2.